The molecule has 0 saturated carbocycles. The number of hydrogen-bond donors (Lipinski definition) is 0. The number of carbonyl (C=O) groups excluding carboxylic acids is 1. The van der Waals surface area contributed by atoms with Crippen LogP contribution in [-0.4, -0.2) is 10.9 Å². The highest BCUT2D eigenvalue weighted by molar-refractivity contribution is 5.95. The standard InChI is InChI=1S/C11H17NO2/c1-7(2)5-9-6-10(12-14-9)11(13)8(3)4/h6-8H,5H2,1-4H3. The van der Waals surface area contributed by atoms with Gasteiger partial charge in [0.05, 0.1) is 0 Å². The zero-order chi connectivity index (χ0) is 10.7. The largest absolute Gasteiger partial charge is 0.361 e. The molecule has 0 saturated heterocycles. The van der Waals surface area contributed by atoms with Crippen molar-refractivity contribution < 1.29 is 9.32 Å². The molecule has 0 fully saturated rings. The number of ketones is 1. The second-order valence-corrected chi connectivity index (χ2v) is 4.30. The Kier molecular flexibility index (Phi) is 3.44. The Hall–Kier alpha value is -1.12. The summed E-state index contributed by atoms with van der Waals surface area (Å²) in [4.78, 5) is 11.5. The Morgan fingerprint density at radius 2 is 2.07 bits per heavy atom. The van der Waals surface area contributed by atoms with Crippen LogP contribution in [0, 0.1) is 11.8 Å². The summed E-state index contributed by atoms with van der Waals surface area (Å²) in [5.74, 6) is 1.34. The SMILES string of the molecule is CC(C)Cc1cc(C(=O)C(C)C)no1. The quantitative estimate of drug-likeness (QED) is 0.694. The van der Waals surface area contributed by atoms with Gasteiger partial charge in [-0.25, -0.2) is 0 Å². The molecule has 0 aliphatic rings. The van der Waals surface area contributed by atoms with Crippen LogP contribution in [0.5, 0.6) is 0 Å². The molecule has 0 aliphatic heterocycles. The molecule has 0 bridgehead atoms. The van der Waals surface area contributed by atoms with Crippen LogP contribution >= 0.6 is 0 Å². The van der Waals surface area contributed by atoms with Crippen LogP contribution in [0.4, 0.5) is 0 Å². The maximum Gasteiger partial charge on any atom is 0.187 e. The van der Waals surface area contributed by atoms with Crippen LogP contribution in [0.15, 0.2) is 10.6 Å². The first-order valence-corrected chi connectivity index (χ1v) is 5.00. The average Bonchev–Trinajstić information content (AvgIpc) is 2.50. The highest BCUT2D eigenvalue weighted by Gasteiger charge is 2.15. The van der Waals surface area contributed by atoms with E-state index in [1.807, 2.05) is 13.8 Å². The first kappa shape index (κ1) is 11.0. The van der Waals surface area contributed by atoms with Gasteiger partial charge >= 0.3 is 0 Å². The normalized spacial score (nSPS) is 11.3. The predicted octanol–water partition coefficient (Wildman–Crippen LogP) is 2.71. The molecule has 0 aromatic carbocycles. The van der Waals surface area contributed by atoms with E-state index in [-0.39, 0.29) is 11.7 Å². The van der Waals surface area contributed by atoms with E-state index in [2.05, 4.69) is 19.0 Å². The summed E-state index contributed by atoms with van der Waals surface area (Å²) in [6.45, 7) is 7.93. The molecular weight excluding hydrogens is 178 g/mol. The van der Waals surface area contributed by atoms with Gasteiger partial charge in [-0.3, -0.25) is 4.79 Å². The summed E-state index contributed by atoms with van der Waals surface area (Å²) < 4.78 is 5.08. The van der Waals surface area contributed by atoms with Gasteiger partial charge < -0.3 is 4.52 Å². The first-order valence-electron chi connectivity index (χ1n) is 5.00. The number of rotatable bonds is 4. The van der Waals surface area contributed by atoms with E-state index in [0.29, 0.717) is 11.6 Å². The molecule has 0 amide bonds. The van der Waals surface area contributed by atoms with Crippen LogP contribution in [0.1, 0.15) is 43.9 Å². The lowest BCUT2D eigenvalue weighted by atomic mass is 10.0. The van der Waals surface area contributed by atoms with Crippen LogP contribution in [-0.2, 0) is 6.42 Å². The topological polar surface area (TPSA) is 43.1 Å². The molecule has 3 heteroatoms. The molecule has 78 valence electrons. The number of nitrogens with zero attached hydrogens (tertiary/aromatic N) is 1. The molecule has 14 heavy (non-hydrogen) atoms. The van der Waals surface area contributed by atoms with Gasteiger partial charge in [0.2, 0.25) is 0 Å². The number of Topliss-reactive ketones (excluding diaryl/α,β-unsaturated/α-hetero) is 1. The highest BCUT2D eigenvalue weighted by Crippen LogP contribution is 2.12. The summed E-state index contributed by atoms with van der Waals surface area (Å²) in [5.41, 5.74) is 0.454. The molecule has 1 rings (SSSR count). The molecule has 0 aliphatic carbocycles. The average molecular weight is 195 g/mol. The smallest absolute Gasteiger partial charge is 0.187 e. The molecule has 3 nitrogen and oxygen atoms in total. The molecule has 0 unspecified atom stereocenters. The summed E-state index contributed by atoms with van der Waals surface area (Å²) in [6.07, 6.45) is 0.832. The number of aromatic nitrogens is 1. The first-order chi connectivity index (χ1) is 6.50. The molecular formula is C11H17NO2. The Labute approximate surface area is 84.5 Å². The Balaban J connectivity index is 2.73. The van der Waals surface area contributed by atoms with E-state index in [1.54, 1.807) is 6.07 Å². The Morgan fingerprint density at radius 3 is 2.57 bits per heavy atom. The van der Waals surface area contributed by atoms with E-state index >= 15 is 0 Å². The maximum atomic E-state index is 11.5. The van der Waals surface area contributed by atoms with Gasteiger partial charge in [-0.15, -0.1) is 0 Å². The molecule has 0 N–H and O–H groups in total. The van der Waals surface area contributed by atoms with Crippen molar-refractivity contribution in [3.63, 3.8) is 0 Å². The fraction of sp³-hybridized carbons (Fsp3) is 0.636. The molecule has 0 atom stereocenters. The molecule has 1 aromatic rings. The van der Waals surface area contributed by atoms with E-state index in [4.69, 9.17) is 4.52 Å². The Morgan fingerprint density at radius 1 is 1.43 bits per heavy atom. The third-order valence-electron chi connectivity index (χ3n) is 1.95. The van der Waals surface area contributed by atoms with Crippen LogP contribution < -0.4 is 0 Å². The van der Waals surface area contributed by atoms with Gasteiger partial charge in [-0.05, 0) is 5.92 Å². The number of hydrogen-bond acceptors (Lipinski definition) is 3. The summed E-state index contributed by atoms with van der Waals surface area (Å²) >= 11 is 0. The van der Waals surface area contributed by atoms with Crippen molar-refractivity contribution in [1.29, 1.82) is 0 Å². The van der Waals surface area contributed by atoms with Crippen LogP contribution in [0.3, 0.4) is 0 Å². The fourth-order valence-electron chi connectivity index (χ4n) is 1.22. The van der Waals surface area contributed by atoms with Crippen molar-refractivity contribution >= 4 is 5.78 Å². The second-order valence-electron chi connectivity index (χ2n) is 4.30. The monoisotopic (exact) mass is 195 g/mol. The van der Waals surface area contributed by atoms with Gasteiger partial charge in [0, 0.05) is 18.4 Å². The lowest BCUT2D eigenvalue weighted by molar-refractivity contribution is 0.0930. The van der Waals surface area contributed by atoms with Crippen LogP contribution in [0.25, 0.3) is 0 Å². The van der Waals surface area contributed by atoms with Crippen LogP contribution in [0.2, 0.25) is 0 Å². The van der Waals surface area contributed by atoms with Gasteiger partial charge in [0.25, 0.3) is 0 Å². The van der Waals surface area contributed by atoms with Crippen molar-refractivity contribution in [2.45, 2.75) is 34.1 Å². The van der Waals surface area contributed by atoms with Crippen molar-refractivity contribution in [3.8, 4) is 0 Å². The van der Waals surface area contributed by atoms with Gasteiger partial charge in [0.1, 0.15) is 11.5 Å². The lowest BCUT2D eigenvalue weighted by Crippen LogP contribution is -2.07. The number of carbonyl (C=O) groups is 1. The second kappa shape index (κ2) is 4.40. The third-order valence-corrected chi connectivity index (χ3v) is 1.95. The van der Waals surface area contributed by atoms with E-state index in [9.17, 15) is 4.79 Å². The minimum absolute atomic E-state index is 0.0213. The van der Waals surface area contributed by atoms with E-state index in [0.717, 1.165) is 12.2 Å². The maximum absolute atomic E-state index is 11.5. The van der Waals surface area contributed by atoms with Crippen molar-refractivity contribution in [2.75, 3.05) is 0 Å². The minimum atomic E-state index is -0.0213. The highest BCUT2D eigenvalue weighted by atomic mass is 16.5. The Bertz CT molecular complexity index is 313. The van der Waals surface area contributed by atoms with E-state index < -0.39 is 0 Å². The predicted molar refractivity (Wildman–Crippen MR) is 54.2 cm³/mol. The zero-order valence-corrected chi connectivity index (χ0v) is 9.20. The molecule has 0 spiro atoms. The van der Waals surface area contributed by atoms with Crippen molar-refractivity contribution in [1.82, 2.24) is 5.16 Å². The van der Waals surface area contributed by atoms with Crippen molar-refractivity contribution in [2.24, 2.45) is 11.8 Å². The van der Waals surface area contributed by atoms with Gasteiger partial charge in [-0.2, -0.15) is 0 Å². The summed E-state index contributed by atoms with van der Waals surface area (Å²) in [6, 6.07) is 1.75. The lowest BCUT2D eigenvalue weighted by Gasteiger charge is -1.98. The molecule has 0 radical (unpaired) electrons. The summed E-state index contributed by atoms with van der Waals surface area (Å²) in [5, 5.41) is 3.77. The molecule has 1 heterocycles. The molecule has 1 aromatic heterocycles. The van der Waals surface area contributed by atoms with Gasteiger partial charge in [-0.1, -0.05) is 32.9 Å². The minimum Gasteiger partial charge on any atom is -0.361 e. The fourth-order valence-corrected chi connectivity index (χ4v) is 1.22. The van der Waals surface area contributed by atoms with Gasteiger partial charge in [0.15, 0.2) is 5.78 Å². The third kappa shape index (κ3) is 2.69. The van der Waals surface area contributed by atoms with Crippen molar-refractivity contribution in [3.05, 3.63) is 17.5 Å². The summed E-state index contributed by atoms with van der Waals surface area (Å²) in [7, 11) is 0. The zero-order valence-electron chi connectivity index (χ0n) is 9.20. The van der Waals surface area contributed by atoms with E-state index in [1.165, 1.54) is 0 Å².